The molecule has 2 heterocycles. The molecular weight excluding hydrogens is 289 g/mol. The first-order valence-electron chi connectivity index (χ1n) is 6.70. The second kappa shape index (κ2) is 5.63. The van der Waals surface area contributed by atoms with E-state index in [1.165, 1.54) is 15.9 Å². The van der Waals surface area contributed by atoms with E-state index in [-0.39, 0.29) is 31.6 Å². The van der Waals surface area contributed by atoms with Crippen molar-refractivity contribution in [2.45, 2.75) is 32.5 Å². The number of halogens is 3. The molecular formula is C12H17F3N4O2. The molecule has 21 heavy (non-hydrogen) atoms. The zero-order valence-corrected chi connectivity index (χ0v) is 11.6. The maximum Gasteiger partial charge on any atom is 0.396 e. The summed E-state index contributed by atoms with van der Waals surface area (Å²) in [7, 11) is 0. The fraction of sp³-hybridized carbons (Fsp3) is 0.750. The molecule has 0 spiro atoms. The van der Waals surface area contributed by atoms with Crippen molar-refractivity contribution in [2.75, 3.05) is 19.7 Å². The number of amides is 1. The monoisotopic (exact) mass is 306 g/mol. The maximum absolute atomic E-state index is 13.0. The fourth-order valence-electron chi connectivity index (χ4n) is 2.38. The maximum atomic E-state index is 13.0. The summed E-state index contributed by atoms with van der Waals surface area (Å²) >= 11 is 0. The number of piperidine rings is 1. The van der Waals surface area contributed by atoms with Gasteiger partial charge in [0.25, 0.3) is 5.91 Å². The van der Waals surface area contributed by atoms with Gasteiger partial charge in [-0.1, -0.05) is 0 Å². The van der Waals surface area contributed by atoms with Gasteiger partial charge in [0.2, 0.25) is 0 Å². The molecule has 118 valence electrons. The van der Waals surface area contributed by atoms with E-state index >= 15 is 0 Å². The van der Waals surface area contributed by atoms with Crippen LogP contribution < -0.4 is 0 Å². The normalized spacial score (nSPS) is 18.8. The van der Waals surface area contributed by atoms with Gasteiger partial charge < -0.3 is 10.0 Å². The molecule has 1 aromatic heterocycles. The minimum atomic E-state index is -4.47. The molecule has 9 heteroatoms. The van der Waals surface area contributed by atoms with E-state index in [1.54, 1.807) is 0 Å². The van der Waals surface area contributed by atoms with Gasteiger partial charge in [0, 0.05) is 13.1 Å². The average molecular weight is 306 g/mol. The van der Waals surface area contributed by atoms with Gasteiger partial charge in [-0.15, -0.1) is 5.10 Å². The number of nitrogens with zero attached hydrogens (tertiary/aromatic N) is 4. The molecule has 0 saturated carbocycles. The lowest BCUT2D eigenvalue weighted by Gasteiger charge is -2.41. The molecule has 1 aromatic rings. The van der Waals surface area contributed by atoms with Crippen molar-refractivity contribution in [3.05, 3.63) is 11.9 Å². The largest absolute Gasteiger partial charge is 0.396 e. The number of rotatable bonds is 3. The molecule has 0 radical (unpaired) electrons. The van der Waals surface area contributed by atoms with Crippen LogP contribution in [0.2, 0.25) is 0 Å². The molecule has 1 N–H and O–H groups in total. The van der Waals surface area contributed by atoms with Gasteiger partial charge in [-0.2, -0.15) is 23.1 Å². The minimum Gasteiger partial charge on any atom is -0.395 e. The Bertz CT molecular complexity index is 507. The lowest BCUT2D eigenvalue weighted by molar-refractivity contribution is -0.247. The molecule has 2 rings (SSSR count). The predicted octanol–water partition coefficient (Wildman–Crippen LogP) is 1.08. The Hall–Kier alpha value is -1.64. The smallest absolute Gasteiger partial charge is 0.395 e. The van der Waals surface area contributed by atoms with Crippen LogP contribution >= 0.6 is 0 Å². The Morgan fingerprint density at radius 3 is 2.48 bits per heavy atom. The molecule has 0 aromatic carbocycles. The van der Waals surface area contributed by atoms with Crippen LogP contribution in [-0.2, 0) is 6.54 Å². The highest BCUT2D eigenvalue weighted by atomic mass is 19.4. The van der Waals surface area contributed by atoms with Crippen LogP contribution in [0.4, 0.5) is 13.2 Å². The highest BCUT2D eigenvalue weighted by Crippen LogP contribution is 2.45. The summed E-state index contributed by atoms with van der Waals surface area (Å²) in [5.41, 5.74) is -1.98. The molecule has 0 bridgehead atoms. The molecule has 1 amide bonds. The number of hydrogen-bond acceptors (Lipinski definition) is 4. The third-order valence-electron chi connectivity index (χ3n) is 3.95. The van der Waals surface area contributed by atoms with Crippen molar-refractivity contribution in [1.82, 2.24) is 19.9 Å². The van der Waals surface area contributed by atoms with Gasteiger partial charge in [-0.3, -0.25) is 4.79 Å². The molecule has 1 aliphatic rings. The number of aromatic nitrogens is 3. The van der Waals surface area contributed by atoms with Crippen molar-refractivity contribution in [3.8, 4) is 0 Å². The van der Waals surface area contributed by atoms with Crippen molar-refractivity contribution in [3.63, 3.8) is 0 Å². The van der Waals surface area contributed by atoms with Gasteiger partial charge in [0.1, 0.15) is 0 Å². The van der Waals surface area contributed by atoms with Crippen LogP contribution in [-0.4, -0.2) is 56.8 Å². The zero-order chi connectivity index (χ0) is 15.7. The molecule has 6 nitrogen and oxygen atoms in total. The third kappa shape index (κ3) is 2.87. The van der Waals surface area contributed by atoms with Gasteiger partial charge in [0.15, 0.2) is 5.69 Å². The Morgan fingerprint density at radius 2 is 2.05 bits per heavy atom. The van der Waals surface area contributed by atoms with E-state index < -0.39 is 24.1 Å². The number of aliphatic hydroxyl groups excluding tert-OH is 1. The second-order valence-electron chi connectivity index (χ2n) is 5.15. The van der Waals surface area contributed by atoms with E-state index in [0.29, 0.717) is 6.54 Å². The summed E-state index contributed by atoms with van der Waals surface area (Å²) < 4.78 is 39.0. The Morgan fingerprint density at radius 1 is 1.43 bits per heavy atom. The molecule has 0 atom stereocenters. The van der Waals surface area contributed by atoms with Crippen LogP contribution in [0, 0.1) is 5.41 Å². The van der Waals surface area contributed by atoms with E-state index in [0.717, 1.165) is 0 Å². The van der Waals surface area contributed by atoms with Crippen LogP contribution in [0.1, 0.15) is 30.3 Å². The standard InChI is InChI=1S/C12H17F3N4O2/c1-2-19-16-7-9(17-19)10(21)18-5-3-11(8-20,4-6-18)12(13,14)15/h7,20H,2-6,8H2,1H3. The first kappa shape index (κ1) is 15.7. The van der Waals surface area contributed by atoms with Crippen molar-refractivity contribution >= 4 is 5.91 Å². The number of hydrogen-bond donors (Lipinski definition) is 1. The summed E-state index contributed by atoms with van der Waals surface area (Å²) in [4.78, 5) is 14.8. The van der Waals surface area contributed by atoms with E-state index in [2.05, 4.69) is 10.2 Å². The van der Waals surface area contributed by atoms with Gasteiger partial charge >= 0.3 is 6.18 Å². The SMILES string of the molecule is CCn1ncc(C(=O)N2CCC(CO)(C(F)(F)F)CC2)n1. The second-order valence-corrected chi connectivity index (χ2v) is 5.15. The number of carbonyl (C=O) groups is 1. The molecule has 1 fully saturated rings. The van der Waals surface area contributed by atoms with Gasteiger partial charge in [0.05, 0.1) is 24.8 Å². The van der Waals surface area contributed by atoms with Crippen molar-refractivity contribution < 1.29 is 23.1 Å². The summed E-state index contributed by atoms with van der Waals surface area (Å²) in [5, 5.41) is 16.9. The Labute approximate surface area is 119 Å². The summed E-state index contributed by atoms with van der Waals surface area (Å²) in [6, 6.07) is 0. The lowest BCUT2D eigenvalue weighted by Crippen LogP contribution is -2.51. The van der Waals surface area contributed by atoms with Crippen LogP contribution in [0.5, 0.6) is 0 Å². The van der Waals surface area contributed by atoms with Crippen molar-refractivity contribution in [2.24, 2.45) is 5.41 Å². The summed E-state index contributed by atoms with van der Waals surface area (Å²) in [6.07, 6.45) is -3.77. The average Bonchev–Trinajstić information content (AvgIpc) is 2.94. The number of aliphatic hydroxyl groups is 1. The predicted molar refractivity (Wildman–Crippen MR) is 66.4 cm³/mol. The fourth-order valence-corrected chi connectivity index (χ4v) is 2.38. The Kier molecular flexibility index (Phi) is 4.22. The molecule has 0 unspecified atom stereocenters. The summed E-state index contributed by atoms with van der Waals surface area (Å²) in [5.74, 6) is -0.427. The first-order valence-corrected chi connectivity index (χ1v) is 6.70. The van der Waals surface area contributed by atoms with Crippen LogP contribution in [0.3, 0.4) is 0 Å². The van der Waals surface area contributed by atoms with Gasteiger partial charge in [-0.25, -0.2) is 0 Å². The first-order chi connectivity index (χ1) is 9.83. The zero-order valence-electron chi connectivity index (χ0n) is 11.6. The Balaban J connectivity index is 2.05. The number of likely N-dealkylation sites (tertiary alicyclic amines) is 1. The summed E-state index contributed by atoms with van der Waals surface area (Å²) in [6.45, 7) is 1.25. The van der Waals surface area contributed by atoms with Gasteiger partial charge in [-0.05, 0) is 19.8 Å². The lowest BCUT2D eigenvalue weighted by atomic mass is 9.78. The third-order valence-corrected chi connectivity index (χ3v) is 3.95. The van der Waals surface area contributed by atoms with Crippen molar-refractivity contribution in [1.29, 1.82) is 0 Å². The number of carbonyl (C=O) groups excluding carboxylic acids is 1. The molecule has 1 aliphatic heterocycles. The van der Waals surface area contributed by atoms with E-state index in [4.69, 9.17) is 5.11 Å². The minimum absolute atomic E-state index is 0.0577. The quantitative estimate of drug-likeness (QED) is 0.907. The highest BCUT2D eigenvalue weighted by Gasteiger charge is 2.55. The van der Waals surface area contributed by atoms with Crippen LogP contribution in [0.15, 0.2) is 6.20 Å². The molecule has 0 aliphatic carbocycles. The highest BCUT2D eigenvalue weighted by molar-refractivity contribution is 5.91. The van der Waals surface area contributed by atoms with E-state index in [9.17, 15) is 18.0 Å². The molecule has 1 saturated heterocycles. The van der Waals surface area contributed by atoms with E-state index in [1.807, 2.05) is 6.92 Å². The topological polar surface area (TPSA) is 71.2 Å². The van der Waals surface area contributed by atoms with Crippen LogP contribution in [0.25, 0.3) is 0 Å². The number of alkyl halides is 3. The number of aryl methyl sites for hydroxylation is 1.